The van der Waals surface area contributed by atoms with Crippen LogP contribution in [0.25, 0.3) is 0 Å². The van der Waals surface area contributed by atoms with E-state index in [1.807, 2.05) is 24.3 Å². The Morgan fingerprint density at radius 1 is 1.47 bits per heavy atom. The summed E-state index contributed by atoms with van der Waals surface area (Å²) in [7, 11) is 1.66. The summed E-state index contributed by atoms with van der Waals surface area (Å²) in [4.78, 5) is 4.24. The van der Waals surface area contributed by atoms with Crippen molar-refractivity contribution >= 4 is 27.5 Å². The molecule has 0 unspecified atom stereocenters. The van der Waals surface area contributed by atoms with E-state index in [1.54, 1.807) is 7.11 Å². The summed E-state index contributed by atoms with van der Waals surface area (Å²) in [6, 6.07) is 7.93. The Hall–Kier alpha value is -0.940. The summed E-state index contributed by atoms with van der Waals surface area (Å²) in [6.07, 6.45) is 0.735. The fraction of sp³-hybridized carbons (Fsp3) is 0.200. The van der Waals surface area contributed by atoms with Gasteiger partial charge in [-0.25, -0.2) is 4.98 Å². The van der Waals surface area contributed by atoms with Crippen molar-refractivity contribution in [2.45, 2.75) is 6.42 Å². The van der Waals surface area contributed by atoms with Crippen LogP contribution < -0.4 is 4.74 Å². The summed E-state index contributed by atoms with van der Waals surface area (Å²) >= 11 is 4.65. The fourth-order valence-corrected chi connectivity index (χ4v) is 2.12. The zero-order chi connectivity index (χ0) is 10.7. The highest BCUT2D eigenvalue weighted by molar-refractivity contribution is 9.11. The van der Waals surface area contributed by atoms with E-state index in [-0.39, 0.29) is 0 Å². The van der Waals surface area contributed by atoms with Crippen molar-refractivity contribution in [2.24, 2.45) is 0 Å². The van der Waals surface area contributed by atoms with E-state index in [1.165, 1.54) is 11.5 Å². The maximum absolute atomic E-state index is 5.15. The van der Waals surface area contributed by atoms with Crippen LogP contribution in [0.1, 0.15) is 11.4 Å². The number of benzene rings is 1. The topological polar surface area (TPSA) is 35.0 Å². The first kappa shape index (κ1) is 10.6. The molecule has 0 atom stereocenters. The molecule has 0 aliphatic carbocycles. The van der Waals surface area contributed by atoms with Crippen LogP contribution in [0.5, 0.6) is 5.75 Å². The number of methoxy groups -OCH3 is 1. The Labute approximate surface area is 100 Å². The van der Waals surface area contributed by atoms with Gasteiger partial charge in [-0.1, -0.05) is 12.1 Å². The summed E-state index contributed by atoms with van der Waals surface area (Å²) < 4.78 is 10.2. The summed E-state index contributed by atoms with van der Waals surface area (Å²) in [5.41, 5.74) is 1.15. The Bertz CT molecular complexity index is 458. The van der Waals surface area contributed by atoms with Gasteiger partial charge in [0.15, 0.2) is 3.92 Å². The second-order valence-electron chi connectivity index (χ2n) is 2.99. The van der Waals surface area contributed by atoms with Crippen molar-refractivity contribution in [3.05, 3.63) is 39.6 Å². The van der Waals surface area contributed by atoms with E-state index in [2.05, 4.69) is 25.3 Å². The molecule has 1 aromatic heterocycles. The number of aromatic nitrogens is 2. The highest BCUT2D eigenvalue weighted by atomic mass is 79.9. The van der Waals surface area contributed by atoms with Crippen molar-refractivity contribution in [1.29, 1.82) is 0 Å². The number of hydrogen-bond acceptors (Lipinski definition) is 4. The lowest BCUT2D eigenvalue weighted by Crippen LogP contribution is -1.91. The van der Waals surface area contributed by atoms with Crippen molar-refractivity contribution in [3.8, 4) is 5.75 Å². The quantitative estimate of drug-likeness (QED) is 0.869. The van der Waals surface area contributed by atoms with Crippen LogP contribution in [-0.4, -0.2) is 16.5 Å². The summed E-state index contributed by atoms with van der Waals surface area (Å²) in [5, 5.41) is 0. The molecule has 0 amide bonds. The van der Waals surface area contributed by atoms with E-state index < -0.39 is 0 Å². The molecule has 0 fully saturated rings. The summed E-state index contributed by atoms with van der Waals surface area (Å²) in [5.74, 6) is 1.70. The molecule has 78 valence electrons. The van der Waals surface area contributed by atoms with Gasteiger partial charge in [0.1, 0.15) is 11.6 Å². The van der Waals surface area contributed by atoms with E-state index in [9.17, 15) is 0 Å². The normalized spacial score (nSPS) is 10.3. The monoisotopic (exact) mass is 284 g/mol. The molecular formula is C10H9BrN2OS. The molecule has 0 N–H and O–H groups in total. The van der Waals surface area contributed by atoms with Gasteiger partial charge in [-0.3, -0.25) is 0 Å². The Balaban J connectivity index is 2.16. The van der Waals surface area contributed by atoms with Gasteiger partial charge in [0.2, 0.25) is 0 Å². The zero-order valence-corrected chi connectivity index (χ0v) is 10.5. The second kappa shape index (κ2) is 4.72. The minimum atomic E-state index is 0.735. The predicted molar refractivity (Wildman–Crippen MR) is 63.4 cm³/mol. The molecular weight excluding hydrogens is 276 g/mol. The number of halogens is 1. The molecule has 0 radical (unpaired) electrons. The Morgan fingerprint density at radius 3 is 3.00 bits per heavy atom. The van der Waals surface area contributed by atoms with Gasteiger partial charge in [0.05, 0.1) is 7.11 Å². The van der Waals surface area contributed by atoms with E-state index in [4.69, 9.17) is 4.74 Å². The average Bonchev–Trinajstić information content (AvgIpc) is 2.64. The van der Waals surface area contributed by atoms with Crippen LogP contribution in [0, 0.1) is 0 Å². The third-order valence-corrected chi connectivity index (χ3v) is 3.10. The molecule has 2 aromatic rings. The van der Waals surface area contributed by atoms with Crippen molar-refractivity contribution in [1.82, 2.24) is 9.36 Å². The maximum atomic E-state index is 5.15. The lowest BCUT2D eigenvalue weighted by molar-refractivity contribution is 0.414. The van der Waals surface area contributed by atoms with Gasteiger partial charge in [-0.05, 0) is 45.2 Å². The highest BCUT2D eigenvalue weighted by Gasteiger charge is 2.03. The molecule has 0 bridgehead atoms. The number of nitrogens with zero attached hydrogens (tertiary/aromatic N) is 2. The Kier molecular flexibility index (Phi) is 3.33. The smallest absolute Gasteiger partial charge is 0.179 e. The van der Waals surface area contributed by atoms with Gasteiger partial charge in [-0.2, -0.15) is 4.37 Å². The standard InChI is InChI=1S/C10H9BrN2OS/c1-14-8-4-2-3-7(5-8)6-9-12-10(11)15-13-9/h2-5H,6H2,1H3. The molecule has 0 spiro atoms. The van der Waals surface area contributed by atoms with Crippen molar-refractivity contribution < 1.29 is 4.74 Å². The summed E-state index contributed by atoms with van der Waals surface area (Å²) in [6.45, 7) is 0. The first-order valence-electron chi connectivity index (χ1n) is 4.39. The minimum Gasteiger partial charge on any atom is -0.497 e. The van der Waals surface area contributed by atoms with Gasteiger partial charge < -0.3 is 4.74 Å². The van der Waals surface area contributed by atoms with Crippen LogP contribution in [0.3, 0.4) is 0 Å². The van der Waals surface area contributed by atoms with E-state index >= 15 is 0 Å². The van der Waals surface area contributed by atoms with Crippen LogP contribution in [0.15, 0.2) is 28.2 Å². The van der Waals surface area contributed by atoms with E-state index in [0.29, 0.717) is 0 Å². The molecule has 0 aliphatic rings. The minimum absolute atomic E-state index is 0.735. The lowest BCUT2D eigenvalue weighted by atomic mass is 10.1. The highest BCUT2D eigenvalue weighted by Crippen LogP contribution is 2.17. The predicted octanol–water partition coefficient (Wildman–Crippen LogP) is 2.90. The molecule has 1 aromatic carbocycles. The molecule has 5 heteroatoms. The van der Waals surface area contributed by atoms with Gasteiger partial charge >= 0.3 is 0 Å². The van der Waals surface area contributed by atoms with Crippen molar-refractivity contribution in [3.63, 3.8) is 0 Å². The number of ether oxygens (including phenoxy) is 1. The van der Waals surface area contributed by atoms with Gasteiger partial charge in [-0.15, -0.1) is 0 Å². The molecule has 0 saturated heterocycles. The third kappa shape index (κ3) is 2.76. The fourth-order valence-electron chi connectivity index (χ4n) is 1.27. The van der Waals surface area contributed by atoms with E-state index in [0.717, 1.165) is 27.5 Å². The Morgan fingerprint density at radius 2 is 2.33 bits per heavy atom. The van der Waals surface area contributed by atoms with Crippen LogP contribution in [0.4, 0.5) is 0 Å². The maximum Gasteiger partial charge on any atom is 0.179 e. The van der Waals surface area contributed by atoms with Crippen LogP contribution in [0.2, 0.25) is 0 Å². The number of hydrogen-bond donors (Lipinski definition) is 0. The first-order valence-corrected chi connectivity index (χ1v) is 5.95. The van der Waals surface area contributed by atoms with Gasteiger partial charge in [0, 0.05) is 6.42 Å². The zero-order valence-electron chi connectivity index (χ0n) is 8.11. The van der Waals surface area contributed by atoms with Crippen LogP contribution in [-0.2, 0) is 6.42 Å². The largest absolute Gasteiger partial charge is 0.497 e. The average molecular weight is 285 g/mol. The van der Waals surface area contributed by atoms with Gasteiger partial charge in [0.25, 0.3) is 0 Å². The first-order chi connectivity index (χ1) is 7.28. The third-order valence-electron chi connectivity index (χ3n) is 1.94. The molecule has 0 saturated carbocycles. The molecule has 1 heterocycles. The number of rotatable bonds is 3. The lowest BCUT2D eigenvalue weighted by Gasteiger charge is -2.01. The van der Waals surface area contributed by atoms with Crippen molar-refractivity contribution in [2.75, 3.05) is 7.11 Å². The molecule has 0 aliphatic heterocycles. The SMILES string of the molecule is COc1cccc(Cc2nsc(Br)n2)c1. The second-order valence-corrected chi connectivity index (χ2v) is 5.02. The van der Waals surface area contributed by atoms with Crippen LogP contribution >= 0.6 is 27.5 Å². The molecule has 2 rings (SSSR count). The molecule has 15 heavy (non-hydrogen) atoms. The molecule has 3 nitrogen and oxygen atoms in total.